The van der Waals surface area contributed by atoms with Crippen LogP contribution in [0.3, 0.4) is 0 Å². The number of alkyl halides is 2. The van der Waals surface area contributed by atoms with Gasteiger partial charge in [-0.3, -0.25) is 4.79 Å². The minimum atomic E-state index is -2.65. The van der Waals surface area contributed by atoms with E-state index in [4.69, 9.17) is 9.51 Å². The lowest BCUT2D eigenvalue weighted by Crippen LogP contribution is -2.51. The fourth-order valence-electron chi connectivity index (χ4n) is 6.51. The van der Waals surface area contributed by atoms with Gasteiger partial charge >= 0.3 is 0 Å². The number of carbonyl (C=O) groups excluding carboxylic acids is 1. The summed E-state index contributed by atoms with van der Waals surface area (Å²) in [5, 5.41) is 4.99. The van der Waals surface area contributed by atoms with Gasteiger partial charge in [0.1, 0.15) is 7.14 Å². The number of nitrogens with zero attached hydrogens (tertiary/aromatic N) is 3. The van der Waals surface area contributed by atoms with Crippen LogP contribution in [-0.4, -0.2) is 41.8 Å². The summed E-state index contributed by atoms with van der Waals surface area (Å²) < 4.78 is 45.6. The van der Waals surface area contributed by atoms with Crippen molar-refractivity contribution in [2.45, 2.75) is 95.3 Å². The second kappa shape index (κ2) is 9.25. The lowest BCUT2D eigenvalue weighted by atomic mass is 9.53. The van der Waals surface area contributed by atoms with Gasteiger partial charge in [-0.2, -0.15) is 4.98 Å². The maximum atomic E-state index is 13.6. The Morgan fingerprint density at radius 2 is 1.74 bits per heavy atom. The van der Waals surface area contributed by atoms with Crippen molar-refractivity contribution >= 4 is 24.0 Å². The van der Waals surface area contributed by atoms with Crippen LogP contribution < -0.4 is 10.2 Å². The van der Waals surface area contributed by atoms with Crippen molar-refractivity contribution in [1.82, 2.24) is 10.1 Å². The zero-order chi connectivity index (χ0) is 27.6. The number of fused-ring (bicyclic) bond motifs is 3. The van der Waals surface area contributed by atoms with Crippen molar-refractivity contribution in [1.29, 1.82) is 0 Å². The van der Waals surface area contributed by atoms with Crippen molar-refractivity contribution in [3.05, 3.63) is 36.0 Å². The summed E-state index contributed by atoms with van der Waals surface area (Å²) >= 11 is 0. The smallest absolute Gasteiger partial charge is 0.248 e. The molecule has 0 spiro atoms. The molecule has 4 saturated carbocycles. The van der Waals surface area contributed by atoms with E-state index in [0.29, 0.717) is 12.2 Å². The molecule has 1 aromatic heterocycles. The number of anilines is 1. The molecule has 9 heteroatoms. The average molecular weight is 548 g/mol. The van der Waals surface area contributed by atoms with Crippen molar-refractivity contribution in [3.8, 4) is 0 Å². The Kier molecular flexibility index (Phi) is 6.69. The highest BCUT2D eigenvalue weighted by atomic mass is 31.2. The summed E-state index contributed by atoms with van der Waals surface area (Å²) in [6.07, 6.45) is 5.26. The van der Waals surface area contributed by atoms with Gasteiger partial charge in [0.05, 0.1) is 0 Å². The van der Waals surface area contributed by atoms with Gasteiger partial charge in [-0.1, -0.05) is 38.1 Å². The minimum Gasteiger partial charge on any atom is -0.339 e. The molecule has 0 N–H and O–H groups in total. The highest BCUT2D eigenvalue weighted by molar-refractivity contribution is 7.70. The Balaban J connectivity index is 1.36. The number of aromatic nitrogens is 2. The summed E-state index contributed by atoms with van der Waals surface area (Å²) in [5.74, 6) is -1.59. The number of benzene rings is 1. The predicted octanol–water partition coefficient (Wildman–Crippen LogP) is 6.68. The Hall–Kier alpha value is -2.08. The minimum absolute atomic E-state index is 0.0496. The van der Waals surface area contributed by atoms with Crippen LogP contribution >= 0.6 is 7.14 Å². The first-order valence-electron chi connectivity index (χ1n) is 13.8. The molecule has 1 heterocycles. The third-order valence-corrected chi connectivity index (χ3v) is 10.7. The topological polar surface area (TPSA) is 76.3 Å². The van der Waals surface area contributed by atoms with Crippen LogP contribution in [0.25, 0.3) is 0 Å². The zero-order valence-corrected chi connectivity index (χ0v) is 24.1. The third-order valence-electron chi connectivity index (χ3n) is 9.15. The third kappa shape index (κ3) is 5.35. The molecule has 1 aromatic carbocycles. The van der Waals surface area contributed by atoms with E-state index >= 15 is 0 Å². The molecule has 2 bridgehead atoms. The summed E-state index contributed by atoms with van der Waals surface area (Å²) in [4.78, 5) is 20.2. The first-order chi connectivity index (χ1) is 17.6. The van der Waals surface area contributed by atoms with E-state index in [1.807, 2.05) is 24.3 Å². The molecular formula is C29H40F2N3O3P. The average Bonchev–Trinajstić information content (AvgIpc) is 3.34. The molecule has 4 aliphatic rings. The maximum absolute atomic E-state index is 13.6. The first-order valence-corrected chi connectivity index (χ1v) is 16.4. The fourth-order valence-corrected chi connectivity index (χ4v) is 7.39. The Bertz CT molecular complexity index is 1230. The number of carbonyl (C=O) groups is 1. The van der Waals surface area contributed by atoms with Gasteiger partial charge in [-0.15, -0.1) is 0 Å². The SMILES string of the molecule is CC(C)(C)c1noc(C23CCC(CN(C(=O)CC4CC(F)(F)C4)c4cccc(P(C)(C)=O)c4)(CC2)CC3)n1. The fraction of sp³-hybridized carbons (Fsp3) is 0.690. The monoisotopic (exact) mass is 547 g/mol. The summed E-state index contributed by atoms with van der Waals surface area (Å²) in [6.45, 7) is 10.2. The molecule has 4 fully saturated rings. The van der Waals surface area contributed by atoms with Gasteiger partial charge in [0, 0.05) is 47.6 Å². The number of hydrogen-bond donors (Lipinski definition) is 0. The number of amides is 1. The molecule has 6 nitrogen and oxygen atoms in total. The summed E-state index contributed by atoms with van der Waals surface area (Å²) in [7, 11) is -2.53. The summed E-state index contributed by atoms with van der Waals surface area (Å²) in [5.41, 5.74) is 0.380. The van der Waals surface area contributed by atoms with Gasteiger partial charge in [0.2, 0.25) is 17.7 Å². The second-order valence-electron chi connectivity index (χ2n) is 13.6. The number of halogens is 2. The van der Waals surface area contributed by atoms with E-state index in [1.54, 1.807) is 18.2 Å². The maximum Gasteiger partial charge on any atom is 0.248 e. The number of rotatable bonds is 7. The molecule has 0 saturated heterocycles. The first kappa shape index (κ1) is 27.5. The van der Waals surface area contributed by atoms with E-state index in [9.17, 15) is 18.1 Å². The van der Waals surface area contributed by atoms with Gasteiger partial charge in [-0.25, -0.2) is 8.78 Å². The molecule has 208 valence electrons. The molecule has 4 aliphatic carbocycles. The molecule has 0 unspecified atom stereocenters. The second-order valence-corrected chi connectivity index (χ2v) is 16.9. The van der Waals surface area contributed by atoms with Crippen LogP contribution in [0.5, 0.6) is 0 Å². The van der Waals surface area contributed by atoms with Crippen LogP contribution in [0, 0.1) is 11.3 Å². The largest absolute Gasteiger partial charge is 0.339 e. The number of hydrogen-bond acceptors (Lipinski definition) is 5. The quantitative estimate of drug-likeness (QED) is 0.362. The van der Waals surface area contributed by atoms with Crippen molar-refractivity contribution in [2.75, 3.05) is 24.8 Å². The van der Waals surface area contributed by atoms with Gasteiger partial charge < -0.3 is 14.0 Å². The van der Waals surface area contributed by atoms with E-state index < -0.39 is 13.1 Å². The van der Waals surface area contributed by atoms with Gasteiger partial charge in [0.25, 0.3) is 0 Å². The van der Waals surface area contributed by atoms with Gasteiger partial charge in [0.15, 0.2) is 5.82 Å². The Morgan fingerprint density at radius 1 is 1.11 bits per heavy atom. The standard InChI is InChI=1S/C29H40F2N3O3P/c1-26(2,3)24-32-25(37-33-24)28-12-9-27(10-13-28,11-14-28)19-34(23(35)15-20-17-29(30,31)18-20)21-7-6-8-22(16-21)38(4,5)36/h6-8,16,20H,9-15,17-19H2,1-5H3. The van der Waals surface area contributed by atoms with Crippen molar-refractivity contribution in [3.63, 3.8) is 0 Å². The van der Waals surface area contributed by atoms with Crippen molar-refractivity contribution in [2.24, 2.45) is 11.3 Å². The Morgan fingerprint density at radius 3 is 2.26 bits per heavy atom. The summed E-state index contributed by atoms with van der Waals surface area (Å²) in [6, 6.07) is 7.41. The van der Waals surface area contributed by atoms with Crippen LogP contribution in [-0.2, 0) is 20.2 Å². The highest BCUT2D eigenvalue weighted by Crippen LogP contribution is 2.58. The molecule has 0 radical (unpaired) electrons. The van der Waals surface area contributed by atoms with E-state index in [2.05, 4.69) is 25.9 Å². The normalized spacial score (nSPS) is 27.2. The Labute approximate surface area is 224 Å². The zero-order valence-electron chi connectivity index (χ0n) is 23.2. The molecule has 6 rings (SSSR count). The van der Waals surface area contributed by atoms with Crippen LogP contribution in [0.15, 0.2) is 28.8 Å². The van der Waals surface area contributed by atoms with Crippen LogP contribution in [0.1, 0.15) is 90.3 Å². The van der Waals surface area contributed by atoms with Crippen molar-refractivity contribution < 1.29 is 22.7 Å². The molecule has 2 aromatic rings. The lowest BCUT2D eigenvalue weighted by Gasteiger charge is -2.53. The van der Waals surface area contributed by atoms with E-state index in [-0.39, 0.29) is 47.3 Å². The van der Waals surface area contributed by atoms with Crippen LogP contribution in [0.4, 0.5) is 14.5 Å². The van der Waals surface area contributed by atoms with E-state index in [1.165, 1.54) is 0 Å². The molecular weight excluding hydrogens is 507 g/mol. The molecule has 1 amide bonds. The highest BCUT2D eigenvalue weighted by Gasteiger charge is 2.53. The molecule has 0 aliphatic heterocycles. The molecule has 38 heavy (non-hydrogen) atoms. The van der Waals surface area contributed by atoms with Gasteiger partial charge in [-0.05, 0) is 75.3 Å². The van der Waals surface area contributed by atoms with E-state index in [0.717, 1.165) is 55.5 Å². The predicted molar refractivity (Wildman–Crippen MR) is 145 cm³/mol. The van der Waals surface area contributed by atoms with Crippen LogP contribution in [0.2, 0.25) is 0 Å². The molecule has 0 atom stereocenters. The lowest BCUT2D eigenvalue weighted by molar-refractivity contribution is -0.132.